The molecule has 3 aromatic rings. The minimum atomic E-state index is -0.367. The molecule has 2 aromatic carbocycles. The minimum absolute atomic E-state index is 0.219. The Balaban J connectivity index is 1.86. The lowest BCUT2D eigenvalue weighted by molar-refractivity contribution is 0.102. The van der Waals surface area contributed by atoms with Crippen molar-refractivity contribution >= 4 is 34.8 Å². The Bertz CT molecular complexity index is 1010. The van der Waals surface area contributed by atoms with Gasteiger partial charge in [0.25, 0.3) is 5.91 Å². The number of carbonyl (C=O) groups excluding carboxylic acids is 1. The van der Waals surface area contributed by atoms with Crippen LogP contribution in [0.4, 0.5) is 17.3 Å². The highest BCUT2D eigenvalue weighted by molar-refractivity contribution is 6.30. The average molecular weight is 399 g/mol. The van der Waals surface area contributed by atoms with Gasteiger partial charge in [-0.2, -0.15) is 0 Å². The third-order valence-electron chi connectivity index (χ3n) is 3.82. The van der Waals surface area contributed by atoms with Crippen LogP contribution in [0, 0.1) is 6.92 Å². The molecule has 0 saturated carbocycles. The van der Waals surface area contributed by atoms with Crippen molar-refractivity contribution in [3.8, 4) is 11.5 Å². The number of nitrogens with one attached hydrogen (secondary N) is 2. The SMILES string of the molecule is COc1ccc(OC)c(Nc2nc(C)cc(C(=O)Nc3cccc(Cl)c3)n2)c1. The second-order valence-corrected chi connectivity index (χ2v) is 6.31. The van der Waals surface area contributed by atoms with Gasteiger partial charge in [0.05, 0.1) is 19.9 Å². The average Bonchev–Trinajstić information content (AvgIpc) is 2.67. The summed E-state index contributed by atoms with van der Waals surface area (Å²) in [5.74, 6) is 1.14. The number of carbonyl (C=O) groups is 1. The lowest BCUT2D eigenvalue weighted by atomic mass is 10.2. The van der Waals surface area contributed by atoms with Gasteiger partial charge in [-0.15, -0.1) is 0 Å². The molecule has 1 amide bonds. The molecule has 0 radical (unpaired) electrons. The maximum absolute atomic E-state index is 12.6. The Labute approximate surface area is 167 Å². The van der Waals surface area contributed by atoms with Crippen molar-refractivity contribution in [1.82, 2.24) is 9.97 Å². The molecule has 0 bridgehead atoms. The van der Waals surface area contributed by atoms with Crippen molar-refractivity contribution in [3.63, 3.8) is 0 Å². The summed E-state index contributed by atoms with van der Waals surface area (Å²) < 4.78 is 10.6. The summed E-state index contributed by atoms with van der Waals surface area (Å²) in [5, 5.41) is 6.38. The summed E-state index contributed by atoms with van der Waals surface area (Å²) >= 11 is 5.96. The number of benzene rings is 2. The van der Waals surface area contributed by atoms with Crippen LogP contribution < -0.4 is 20.1 Å². The third kappa shape index (κ3) is 4.69. The van der Waals surface area contributed by atoms with Crippen LogP contribution in [0.1, 0.15) is 16.2 Å². The molecule has 7 nitrogen and oxygen atoms in total. The zero-order chi connectivity index (χ0) is 20.1. The van der Waals surface area contributed by atoms with Gasteiger partial charge in [-0.3, -0.25) is 4.79 Å². The van der Waals surface area contributed by atoms with Crippen molar-refractivity contribution < 1.29 is 14.3 Å². The van der Waals surface area contributed by atoms with Gasteiger partial charge in [0.2, 0.25) is 5.95 Å². The fourth-order valence-electron chi connectivity index (χ4n) is 2.53. The van der Waals surface area contributed by atoms with Crippen molar-refractivity contribution in [3.05, 3.63) is 64.9 Å². The first-order chi connectivity index (χ1) is 13.5. The predicted octanol–water partition coefficient (Wildman–Crippen LogP) is 4.45. The molecule has 0 aliphatic rings. The number of aryl methyl sites for hydroxylation is 1. The molecule has 144 valence electrons. The molecule has 0 saturated heterocycles. The van der Waals surface area contributed by atoms with E-state index in [4.69, 9.17) is 21.1 Å². The van der Waals surface area contributed by atoms with Crippen LogP contribution in [-0.2, 0) is 0 Å². The standard InChI is InChI=1S/C20H19ClN4O3/c1-12-9-17(19(26)23-14-6-4-5-13(21)10-14)25-20(22-12)24-16-11-15(27-2)7-8-18(16)28-3/h4-11H,1-3H3,(H,23,26)(H,22,24,25). The van der Waals surface area contributed by atoms with Crippen LogP contribution >= 0.6 is 11.6 Å². The summed E-state index contributed by atoms with van der Waals surface area (Å²) in [7, 11) is 3.14. The highest BCUT2D eigenvalue weighted by atomic mass is 35.5. The van der Waals surface area contributed by atoms with Crippen LogP contribution in [0.2, 0.25) is 5.02 Å². The van der Waals surface area contributed by atoms with Gasteiger partial charge >= 0.3 is 0 Å². The molecule has 1 heterocycles. The van der Waals surface area contributed by atoms with E-state index in [1.54, 1.807) is 69.7 Å². The van der Waals surface area contributed by atoms with E-state index in [0.717, 1.165) is 0 Å². The van der Waals surface area contributed by atoms with E-state index in [0.29, 0.717) is 33.6 Å². The first kappa shape index (κ1) is 19.4. The fourth-order valence-corrected chi connectivity index (χ4v) is 2.72. The van der Waals surface area contributed by atoms with Crippen molar-refractivity contribution in [1.29, 1.82) is 0 Å². The van der Waals surface area contributed by atoms with Gasteiger partial charge < -0.3 is 20.1 Å². The molecule has 2 N–H and O–H groups in total. The highest BCUT2D eigenvalue weighted by Crippen LogP contribution is 2.30. The van der Waals surface area contributed by atoms with Crippen LogP contribution in [0.5, 0.6) is 11.5 Å². The van der Waals surface area contributed by atoms with E-state index < -0.39 is 0 Å². The van der Waals surface area contributed by atoms with Gasteiger partial charge in [0.15, 0.2) is 0 Å². The second kappa shape index (κ2) is 8.58. The van der Waals surface area contributed by atoms with E-state index in [9.17, 15) is 4.79 Å². The van der Waals surface area contributed by atoms with E-state index in [2.05, 4.69) is 20.6 Å². The largest absolute Gasteiger partial charge is 0.497 e. The number of aromatic nitrogens is 2. The van der Waals surface area contributed by atoms with Crippen molar-refractivity contribution in [2.75, 3.05) is 24.9 Å². The maximum Gasteiger partial charge on any atom is 0.274 e. The third-order valence-corrected chi connectivity index (χ3v) is 4.06. The second-order valence-electron chi connectivity index (χ2n) is 5.87. The summed E-state index contributed by atoms with van der Waals surface area (Å²) in [4.78, 5) is 21.2. The first-order valence-corrected chi connectivity index (χ1v) is 8.78. The summed E-state index contributed by atoms with van der Waals surface area (Å²) in [5.41, 5.74) is 2.05. The quantitative estimate of drug-likeness (QED) is 0.638. The number of hydrogen-bond acceptors (Lipinski definition) is 6. The molecular weight excluding hydrogens is 380 g/mol. The monoisotopic (exact) mass is 398 g/mol. The molecule has 0 spiro atoms. The molecule has 0 aliphatic carbocycles. The molecule has 0 fully saturated rings. The Morgan fingerprint density at radius 3 is 2.57 bits per heavy atom. The summed E-state index contributed by atoms with van der Waals surface area (Å²) in [6, 6.07) is 13.8. The number of rotatable bonds is 6. The number of amides is 1. The van der Waals surface area contributed by atoms with Gasteiger partial charge in [-0.1, -0.05) is 17.7 Å². The maximum atomic E-state index is 12.6. The summed E-state index contributed by atoms with van der Waals surface area (Å²) in [6.45, 7) is 1.78. The first-order valence-electron chi connectivity index (χ1n) is 8.40. The van der Waals surface area contributed by atoms with Gasteiger partial charge in [-0.25, -0.2) is 9.97 Å². The topological polar surface area (TPSA) is 85.4 Å². The summed E-state index contributed by atoms with van der Waals surface area (Å²) in [6.07, 6.45) is 0. The number of methoxy groups -OCH3 is 2. The molecule has 3 rings (SSSR count). The Hall–Kier alpha value is -3.32. The lowest BCUT2D eigenvalue weighted by Gasteiger charge is -2.13. The number of ether oxygens (including phenoxy) is 2. The van der Waals surface area contributed by atoms with Crippen LogP contribution in [0.15, 0.2) is 48.5 Å². The van der Waals surface area contributed by atoms with Crippen LogP contribution in [0.25, 0.3) is 0 Å². The number of halogens is 1. The molecule has 8 heteroatoms. The van der Waals surface area contributed by atoms with Crippen LogP contribution in [0.3, 0.4) is 0 Å². The van der Waals surface area contributed by atoms with E-state index >= 15 is 0 Å². The number of nitrogens with zero attached hydrogens (tertiary/aromatic N) is 2. The van der Waals surface area contributed by atoms with Crippen LogP contribution in [-0.4, -0.2) is 30.1 Å². The predicted molar refractivity (Wildman–Crippen MR) is 109 cm³/mol. The highest BCUT2D eigenvalue weighted by Gasteiger charge is 2.13. The Kier molecular flexibility index (Phi) is 5.96. The molecule has 28 heavy (non-hydrogen) atoms. The molecule has 0 aliphatic heterocycles. The van der Waals surface area contributed by atoms with E-state index in [1.807, 2.05) is 0 Å². The van der Waals surface area contributed by atoms with Gasteiger partial charge in [-0.05, 0) is 43.3 Å². The zero-order valence-electron chi connectivity index (χ0n) is 15.6. The minimum Gasteiger partial charge on any atom is -0.497 e. The number of hydrogen-bond donors (Lipinski definition) is 2. The molecule has 1 aromatic heterocycles. The molecule has 0 unspecified atom stereocenters. The number of anilines is 3. The smallest absolute Gasteiger partial charge is 0.274 e. The van der Waals surface area contributed by atoms with Crippen molar-refractivity contribution in [2.45, 2.75) is 6.92 Å². The fraction of sp³-hybridized carbons (Fsp3) is 0.150. The van der Waals surface area contributed by atoms with Gasteiger partial charge in [0.1, 0.15) is 17.2 Å². The lowest BCUT2D eigenvalue weighted by Crippen LogP contribution is -2.15. The Morgan fingerprint density at radius 1 is 1.04 bits per heavy atom. The molecule has 0 atom stereocenters. The van der Waals surface area contributed by atoms with E-state index in [-0.39, 0.29) is 17.5 Å². The Morgan fingerprint density at radius 2 is 1.86 bits per heavy atom. The van der Waals surface area contributed by atoms with E-state index in [1.165, 1.54) is 0 Å². The van der Waals surface area contributed by atoms with Crippen molar-refractivity contribution in [2.24, 2.45) is 0 Å². The normalized spacial score (nSPS) is 10.3. The molecular formula is C20H19ClN4O3. The van der Waals surface area contributed by atoms with Gasteiger partial charge in [0, 0.05) is 22.5 Å². The zero-order valence-corrected chi connectivity index (χ0v) is 16.4.